The zero-order chi connectivity index (χ0) is 18.4. The predicted molar refractivity (Wildman–Crippen MR) is 98.4 cm³/mol. The average molecular weight is 353 g/mol. The standard InChI is InChI=1S/C21H23NO4/c22-20(23)14-25-19-8-4-7-17(13-19)21(24)26-18-11-9-16(10-12-18)15-5-2-1-3-6-15/h4,7-13,15H,1-3,5-6,14H2,(H2,22,23). The molecule has 0 spiro atoms. The number of carbonyl (C=O) groups is 2. The van der Waals surface area contributed by atoms with E-state index in [4.69, 9.17) is 15.2 Å². The highest BCUT2D eigenvalue weighted by atomic mass is 16.5. The summed E-state index contributed by atoms with van der Waals surface area (Å²) >= 11 is 0. The number of nitrogens with two attached hydrogens (primary N) is 1. The van der Waals surface area contributed by atoms with Gasteiger partial charge in [0.2, 0.25) is 0 Å². The summed E-state index contributed by atoms with van der Waals surface area (Å²) in [6.45, 7) is -0.235. The lowest BCUT2D eigenvalue weighted by atomic mass is 9.84. The van der Waals surface area contributed by atoms with Gasteiger partial charge in [-0.15, -0.1) is 0 Å². The van der Waals surface area contributed by atoms with Crippen molar-refractivity contribution >= 4 is 11.9 Å². The van der Waals surface area contributed by atoms with Crippen LogP contribution in [0.1, 0.15) is 53.9 Å². The maximum Gasteiger partial charge on any atom is 0.343 e. The molecule has 1 aliphatic carbocycles. The van der Waals surface area contributed by atoms with Crippen LogP contribution in [-0.4, -0.2) is 18.5 Å². The molecule has 0 aromatic heterocycles. The van der Waals surface area contributed by atoms with E-state index in [2.05, 4.69) is 0 Å². The topological polar surface area (TPSA) is 78.6 Å². The third-order valence-electron chi connectivity index (χ3n) is 4.62. The van der Waals surface area contributed by atoms with Crippen LogP contribution in [0.25, 0.3) is 0 Å². The van der Waals surface area contributed by atoms with Crippen LogP contribution in [0.3, 0.4) is 0 Å². The van der Waals surface area contributed by atoms with Crippen molar-refractivity contribution in [2.75, 3.05) is 6.61 Å². The normalized spacial score (nSPS) is 14.6. The van der Waals surface area contributed by atoms with E-state index in [1.165, 1.54) is 43.7 Å². The van der Waals surface area contributed by atoms with Gasteiger partial charge in [0.25, 0.3) is 5.91 Å². The number of ether oxygens (including phenoxy) is 2. The Hall–Kier alpha value is -2.82. The summed E-state index contributed by atoms with van der Waals surface area (Å²) in [6.07, 6.45) is 6.37. The van der Waals surface area contributed by atoms with Crippen molar-refractivity contribution in [1.29, 1.82) is 0 Å². The summed E-state index contributed by atoms with van der Waals surface area (Å²) < 4.78 is 10.6. The van der Waals surface area contributed by atoms with Gasteiger partial charge in [-0.05, 0) is 54.7 Å². The second-order valence-electron chi connectivity index (χ2n) is 6.58. The molecule has 2 aromatic carbocycles. The number of benzene rings is 2. The van der Waals surface area contributed by atoms with Crippen LogP contribution in [0.4, 0.5) is 0 Å². The number of hydrogen-bond acceptors (Lipinski definition) is 4. The zero-order valence-corrected chi connectivity index (χ0v) is 14.6. The summed E-state index contributed by atoms with van der Waals surface area (Å²) in [5.41, 5.74) is 6.71. The first-order chi connectivity index (χ1) is 12.6. The van der Waals surface area contributed by atoms with Crippen molar-refractivity contribution in [3.05, 3.63) is 59.7 Å². The van der Waals surface area contributed by atoms with E-state index >= 15 is 0 Å². The molecule has 136 valence electrons. The minimum absolute atomic E-state index is 0.235. The summed E-state index contributed by atoms with van der Waals surface area (Å²) in [6, 6.07) is 14.3. The Morgan fingerprint density at radius 1 is 0.962 bits per heavy atom. The first-order valence-electron chi connectivity index (χ1n) is 8.95. The molecule has 0 bridgehead atoms. The van der Waals surface area contributed by atoms with Gasteiger partial charge in [-0.3, -0.25) is 4.79 Å². The van der Waals surface area contributed by atoms with Crippen molar-refractivity contribution in [2.24, 2.45) is 5.73 Å². The molecule has 5 heteroatoms. The van der Waals surface area contributed by atoms with Gasteiger partial charge in [0.15, 0.2) is 6.61 Å². The average Bonchev–Trinajstić information content (AvgIpc) is 2.68. The molecule has 1 fully saturated rings. The molecule has 2 N–H and O–H groups in total. The number of hydrogen-bond donors (Lipinski definition) is 1. The highest BCUT2D eigenvalue weighted by Gasteiger charge is 2.16. The molecule has 0 heterocycles. The molecular weight excluding hydrogens is 330 g/mol. The monoisotopic (exact) mass is 353 g/mol. The second-order valence-corrected chi connectivity index (χ2v) is 6.58. The number of rotatable bonds is 6. The van der Waals surface area contributed by atoms with Crippen molar-refractivity contribution < 1.29 is 19.1 Å². The number of esters is 1. The molecular formula is C21H23NO4. The largest absolute Gasteiger partial charge is 0.484 e. The van der Waals surface area contributed by atoms with Crippen LogP contribution in [0.5, 0.6) is 11.5 Å². The van der Waals surface area contributed by atoms with Gasteiger partial charge in [0, 0.05) is 0 Å². The maximum absolute atomic E-state index is 12.3. The molecule has 0 radical (unpaired) electrons. The van der Waals surface area contributed by atoms with Crippen molar-refractivity contribution in [3.8, 4) is 11.5 Å². The maximum atomic E-state index is 12.3. The number of carbonyl (C=O) groups excluding carboxylic acids is 2. The molecule has 26 heavy (non-hydrogen) atoms. The van der Waals surface area contributed by atoms with Gasteiger partial charge in [0.1, 0.15) is 11.5 Å². The summed E-state index contributed by atoms with van der Waals surface area (Å²) in [5, 5.41) is 0. The summed E-state index contributed by atoms with van der Waals surface area (Å²) in [4.78, 5) is 23.1. The van der Waals surface area contributed by atoms with Crippen LogP contribution in [0.15, 0.2) is 48.5 Å². The van der Waals surface area contributed by atoms with Crippen LogP contribution < -0.4 is 15.2 Å². The van der Waals surface area contributed by atoms with Gasteiger partial charge in [-0.2, -0.15) is 0 Å². The zero-order valence-electron chi connectivity index (χ0n) is 14.6. The van der Waals surface area contributed by atoms with E-state index in [9.17, 15) is 9.59 Å². The fourth-order valence-corrected chi connectivity index (χ4v) is 3.28. The molecule has 0 aliphatic heterocycles. The number of primary amides is 1. The minimum Gasteiger partial charge on any atom is -0.484 e. The van der Waals surface area contributed by atoms with E-state index in [-0.39, 0.29) is 6.61 Å². The van der Waals surface area contributed by atoms with Gasteiger partial charge in [0.05, 0.1) is 5.56 Å². The van der Waals surface area contributed by atoms with Crippen LogP contribution in [0.2, 0.25) is 0 Å². The third-order valence-corrected chi connectivity index (χ3v) is 4.62. The highest BCUT2D eigenvalue weighted by Crippen LogP contribution is 2.33. The van der Waals surface area contributed by atoms with Crippen LogP contribution in [0, 0.1) is 0 Å². The molecule has 0 saturated heterocycles. The molecule has 5 nitrogen and oxygen atoms in total. The molecule has 1 aliphatic rings. The van der Waals surface area contributed by atoms with Crippen LogP contribution in [-0.2, 0) is 4.79 Å². The fourth-order valence-electron chi connectivity index (χ4n) is 3.28. The summed E-state index contributed by atoms with van der Waals surface area (Å²) in [5.74, 6) is 0.479. The van der Waals surface area contributed by atoms with Gasteiger partial charge in [-0.25, -0.2) is 4.79 Å². The molecule has 0 unspecified atom stereocenters. The highest BCUT2D eigenvalue weighted by molar-refractivity contribution is 5.91. The number of amides is 1. The van der Waals surface area contributed by atoms with Crippen LogP contribution >= 0.6 is 0 Å². The van der Waals surface area contributed by atoms with Crippen molar-refractivity contribution in [3.63, 3.8) is 0 Å². The molecule has 2 aromatic rings. The second kappa shape index (κ2) is 8.52. The van der Waals surface area contributed by atoms with Gasteiger partial charge < -0.3 is 15.2 Å². The van der Waals surface area contributed by atoms with Crippen molar-refractivity contribution in [2.45, 2.75) is 38.0 Å². The van der Waals surface area contributed by atoms with E-state index < -0.39 is 11.9 Å². The lowest BCUT2D eigenvalue weighted by Gasteiger charge is -2.22. The first kappa shape index (κ1) is 18.0. The molecule has 3 rings (SSSR count). The Morgan fingerprint density at radius 2 is 1.69 bits per heavy atom. The molecule has 1 amide bonds. The summed E-state index contributed by atoms with van der Waals surface area (Å²) in [7, 11) is 0. The Balaban J connectivity index is 1.62. The quantitative estimate of drug-likeness (QED) is 0.632. The Bertz CT molecular complexity index is 764. The predicted octanol–water partition coefficient (Wildman–Crippen LogP) is 3.82. The smallest absolute Gasteiger partial charge is 0.343 e. The third kappa shape index (κ3) is 4.85. The van der Waals surface area contributed by atoms with E-state index in [0.717, 1.165) is 0 Å². The Morgan fingerprint density at radius 3 is 2.38 bits per heavy atom. The molecule has 0 atom stereocenters. The molecule has 1 saturated carbocycles. The SMILES string of the molecule is NC(=O)COc1cccc(C(=O)Oc2ccc(C3CCCCC3)cc2)c1. The van der Waals surface area contributed by atoms with E-state index in [1.54, 1.807) is 18.2 Å². The van der Waals surface area contributed by atoms with E-state index in [1.807, 2.05) is 24.3 Å². The Kier molecular flexibility index (Phi) is 5.89. The lowest BCUT2D eigenvalue weighted by Crippen LogP contribution is -2.20. The fraction of sp³-hybridized carbons (Fsp3) is 0.333. The van der Waals surface area contributed by atoms with E-state index in [0.29, 0.717) is 23.0 Å². The van der Waals surface area contributed by atoms with Gasteiger partial charge >= 0.3 is 5.97 Å². The first-order valence-corrected chi connectivity index (χ1v) is 8.95. The van der Waals surface area contributed by atoms with Gasteiger partial charge in [-0.1, -0.05) is 37.5 Å². The Labute approximate surface area is 153 Å². The van der Waals surface area contributed by atoms with Crippen molar-refractivity contribution in [1.82, 2.24) is 0 Å². The lowest BCUT2D eigenvalue weighted by molar-refractivity contribution is -0.119. The minimum atomic E-state index is -0.573.